The molecule has 3 N–H and O–H groups in total. The number of hydrazine groups is 1. The summed E-state index contributed by atoms with van der Waals surface area (Å²) in [5.74, 6) is 0.551. The standard InChI is InChI=1S/C20H25N3O.2C2H6/c24-23-14-19(17-6-3-10-21-11-9-17)20(22-23)13-15-7-8-16-4-1-2-5-18(16)12-15;2*1-2/h1-2,4-5,7-8,12,14,17,20-22,24H,3,6,9-11,13H2;2*1-2H3. The molecule has 1 fully saturated rings. The van der Waals surface area contributed by atoms with Crippen LogP contribution in [0, 0.1) is 5.92 Å². The largest absolute Gasteiger partial charge is 0.317 e. The van der Waals surface area contributed by atoms with Gasteiger partial charge in [0.1, 0.15) is 0 Å². The molecular weight excluding hydrogens is 346 g/mol. The molecule has 2 aromatic carbocycles. The molecule has 154 valence electrons. The van der Waals surface area contributed by atoms with Gasteiger partial charge >= 0.3 is 0 Å². The van der Waals surface area contributed by atoms with Crippen molar-refractivity contribution in [3.05, 3.63) is 59.8 Å². The van der Waals surface area contributed by atoms with E-state index in [-0.39, 0.29) is 6.04 Å². The molecule has 2 aromatic rings. The second-order valence-electron chi connectivity index (χ2n) is 6.92. The van der Waals surface area contributed by atoms with Crippen LogP contribution in [0.15, 0.2) is 54.2 Å². The van der Waals surface area contributed by atoms with Gasteiger partial charge in [0.05, 0.1) is 6.04 Å². The Kier molecular flexibility index (Phi) is 9.48. The van der Waals surface area contributed by atoms with Crippen molar-refractivity contribution in [1.82, 2.24) is 15.9 Å². The predicted octanol–water partition coefficient (Wildman–Crippen LogP) is 5.29. The van der Waals surface area contributed by atoms with Crippen molar-refractivity contribution in [2.24, 2.45) is 5.92 Å². The highest BCUT2D eigenvalue weighted by molar-refractivity contribution is 5.83. The van der Waals surface area contributed by atoms with E-state index in [1.165, 1.54) is 34.8 Å². The second kappa shape index (κ2) is 11.8. The van der Waals surface area contributed by atoms with Crippen LogP contribution in [0.1, 0.15) is 52.5 Å². The van der Waals surface area contributed by atoms with E-state index in [0.29, 0.717) is 5.92 Å². The molecule has 2 atom stereocenters. The summed E-state index contributed by atoms with van der Waals surface area (Å²) in [4.78, 5) is 0. The van der Waals surface area contributed by atoms with Gasteiger partial charge in [-0.2, -0.15) is 5.17 Å². The maximum Gasteiger partial charge on any atom is 0.0556 e. The molecule has 0 radical (unpaired) electrons. The van der Waals surface area contributed by atoms with Gasteiger partial charge in [0.15, 0.2) is 0 Å². The van der Waals surface area contributed by atoms with E-state index >= 15 is 0 Å². The van der Waals surface area contributed by atoms with E-state index in [2.05, 4.69) is 53.2 Å². The van der Waals surface area contributed by atoms with Gasteiger partial charge in [-0.25, -0.2) is 5.43 Å². The first kappa shape index (κ1) is 22.4. The molecule has 4 heteroatoms. The van der Waals surface area contributed by atoms with Crippen molar-refractivity contribution < 1.29 is 5.21 Å². The molecule has 0 bridgehead atoms. The maximum atomic E-state index is 9.95. The fraction of sp³-hybridized carbons (Fsp3) is 0.500. The zero-order valence-corrected chi connectivity index (χ0v) is 17.9. The first-order valence-electron chi connectivity index (χ1n) is 10.9. The lowest BCUT2D eigenvalue weighted by atomic mass is 9.86. The summed E-state index contributed by atoms with van der Waals surface area (Å²) in [5, 5.41) is 17.1. The van der Waals surface area contributed by atoms with Crippen molar-refractivity contribution in [3.63, 3.8) is 0 Å². The molecule has 2 unspecified atom stereocenters. The number of nitrogens with zero attached hydrogens (tertiary/aromatic N) is 1. The van der Waals surface area contributed by atoms with Crippen LogP contribution in [0.5, 0.6) is 0 Å². The molecule has 0 amide bonds. The smallest absolute Gasteiger partial charge is 0.0556 e. The molecule has 0 saturated carbocycles. The lowest BCUT2D eigenvalue weighted by Crippen LogP contribution is -2.36. The van der Waals surface area contributed by atoms with Crippen LogP contribution in [0.2, 0.25) is 0 Å². The topological polar surface area (TPSA) is 47.5 Å². The highest BCUT2D eigenvalue weighted by atomic mass is 16.5. The Hall–Kier alpha value is -1.88. The van der Waals surface area contributed by atoms with Crippen molar-refractivity contribution in [3.8, 4) is 0 Å². The summed E-state index contributed by atoms with van der Waals surface area (Å²) in [6, 6.07) is 15.3. The summed E-state index contributed by atoms with van der Waals surface area (Å²) >= 11 is 0. The number of hydrogen-bond donors (Lipinski definition) is 3. The Morgan fingerprint density at radius 1 is 0.964 bits per heavy atom. The molecule has 4 rings (SSSR count). The number of rotatable bonds is 3. The molecule has 2 aliphatic heterocycles. The Morgan fingerprint density at radius 3 is 2.50 bits per heavy atom. The molecule has 0 aliphatic carbocycles. The highest BCUT2D eigenvalue weighted by Gasteiger charge is 2.29. The molecule has 2 aliphatic rings. The summed E-state index contributed by atoms with van der Waals surface area (Å²) in [6.07, 6.45) is 6.34. The van der Waals surface area contributed by atoms with E-state index < -0.39 is 0 Å². The van der Waals surface area contributed by atoms with Crippen LogP contribution in [0.3, 0.4) is 0 Å². The molecule has 1 saturated heterocycles. The van der Waals surface area contributed by atoms with Gasteiger partial charge in [0.25, 0.3) is 0 Å². The fourth-order valence-electron chi connectivity index (χ4n) is 4.01. The van der Waals surface area contributed by atoms with Crippen LogP contribution in [-0.2, 0) is 6.42 Å². The second-order valence-corrected chi connectivity index (χ2v) is 6.92. The van der Waals surface area contributed by atoms with Gasteiger partial charge in [-0.1, -0.05) is 70.2 Å². The molecular formula is C24H37N3O. The maximum absolute atomic E-state index is 9.95. The average Bonchev–Trinajstić information content (AvgIpc) is 2.95. The van der Waals surface area contributed by atoms with Crippen LogP contribution in [0.4, 0.5) is 0 Å². The fourth-order valence-corrected chi connectivity index (χ4v) is 4.01. The van der Waals surface area contributed by atoms with Gasteiger partial charge < -0.3 is 5.32 Å². The minimum absolute atomic E-state index is 0.180. The van der Waals surface area contributed by atoms with Gasteiger partial charge in [-0.05, 0) is 66.6 Å². The van der Waals surface area contributed by atoms with Gasteiger partial charge in [0.2, 0.25) is 0 Å². The SMILES string of the molecule is CC.CC.ON1C=C(C2CCCNCC2)C(Cc2ccc3ccccc3c2)N1. The monoisotopic (exact) mass is 383 g/mol. The zero-order valence-electron chi connectivity index (χ0n) is 17.9. The van der Waals surface area contributed by atoms with E-state index in [0.717, 1.165) is 31.1 Å². The number of nitrogens with one attached hydrogen (secondary N) is 2. The third-order valence-corrected chi connectivity index (χ3v) is 5.26. The van der Waals surface area contributed by atoms with E-state index in [9.17, 15) is 5.21 Å². The Labute approximate surface area is 170 Å². The summed E-state index contributed by atoms with van der Waals surface area (Å²) in [7, 11) is 0. The van der Waals surface area contributed by atoms with Crippen molar-refractivity contribution in [2.45, 2.75) is 59.4 Å². The number of fused-ring (bicyclic) bond motifs is 1. The number of hydroxylamine groups is 1. The van der Waals surface area contributed by atoms with Crippen LogP contribution in [-0.4, -0.2) is 29.5 Å². The minimum Gasteiger partial charge on any atom is -0.317 e. The van der Waals surface area contributed by atoms with Gasteiger partial charge in [-0.15, -0.1) is 0 Å². The van der Waals surface area contributed by atoms with Crippen molar-refractivity contribution in [1.29, 1.82) is 0 Å². The quantitative estimate of drug-likeness (QED) is 0.674. The lowest BCUT2D eigenvalue weighted by molar-refractivity contribution is -0.0839. The van der Waals surface area contributed by atoms with Crippen molar-refractivity contribution >= 4 is 10.8 Å². The molecule has 28 heavy (non-hydrogen) atoms. The van der Waals surface area contributed by atoms with E-state index in [4.69, 9.17) is 0 Å². The first-order valence-corrected chi connectivity index (χ1v) is 10.9. The normalized spacial score (nSPS) is 21.8. The third kappa shape index (κ3) is 5.81. The third-order valence-electron chi connectivity index (χ3n) is 5.26. The highest BCUT2D eigenvalue weighted by Crippen LogP contribution is 2.30. The van der Waals surface area contributed by atoms with E-state index in [1.807, 2.05) is 33.9 Å². The first-order chi connectivity index (χ1) is 13.8. The molecule has 0 aromatic heterocycles. The molecule has 2 heterocycles. The number of benzene rings is 2. The minimum atomic E-state index is 0.180. The van der Waals surface area contributed by atoms with Gasteiger partial charge in [-0.3, -0.25) is 5.21 Å². The lowest BCUT2D eigenvalue weighted by Gasteiger charge is -2.22. The Bertz CT molecular complexity index is 735. The Morgan fingerprint density at radius 2 is 1.71 bits per heavy atom. The van der Waals surface area contributed by atoms with Crippen LogP contribution in [0.25, 0.3) is 10.8 Å². The Balaban J connectivity index is 0.000000660. The van der Waals surface area contributed by atoms with Gasteiger partial charge in [0, 0.05) is 6.20 Å². The number of hydrogen-bond acceptors (Lipinski definition) is 4. The molecule has 0 spiro atoms. The van der Waals surface area contributed by atoms with E-state index in [1.54, 1.807) is 0 Å². The summed E-state index contributed by atoms with van der Waals surface area (Å²) in [6.45, 7) is 10.2. The predicted molar refractivity (Wildman–Crippen MR) is 119 cm³/mol. The van der Waals surface area contributed by atoms with Crippen LogP contribution >= 0.6 is 0 Å². The average molecular weight is 384 g/mol. The summed E-state index contributed by atoms with van der Waals surface area (Å²) in [5.41, 5.74) is 5.84. The zero-order chi connectivity index (χ0) is 20.4. The molecule has 4 nitrogen and oxygen atoms in total. The van der Waals surface area contributed by atoms with Crippen LogP contribution < -0.4 is 10.7 Å². The van der Waals surface area contributed by atoms with Crippen molar-refractivity contribution in [2.75, 3.05) is 13.1 Å². The summed E-state index contributed by atoms with van der Waals surface area (Å²) < 4.78 is 0.